The van der Waals surface area contributed by atoms with E-state index in [1.54, 1.807) is 0 Å². The maximum atomic E-state index is 12.9. The number of benzene rings is 1. The number of carbonyl (C=O) groups excluding carboxylic acids is 3. The third kappa shape index (κ3) is 5.35. The standard InChI is InChI=1S/C18H11F4NO3.C2H6.CH4O/c19-17(20)9-3-8(4-10(5-9)18(21)22)14(24)6-12-15(25)11-1-2-23-7-13(11)16(12)26;2*1-2/h1-5,7,12,17-18H,6H2;1-2H3;2H,1H3. The molecule has 0 spiro atoms. The number of ketones is 3. The van der Waals surface area contributed by atoms with Gasteiger partial charge in [0.05, 0.1) is 5.92 Å². The molecular weight excluding hydrogens is 406 g/mol. The summed E-state index contributed by atoms with van der Waals surface area (Å²) >= 11 is 0. The molecule has 0 fully saturated rings. The molecule has 9 heteroatoms. The maximum Gasteiger partial charge on any atom is 0.263 e. The van der Waals surface area contributed by atoms with Crippen molar-refractivity contribution in [1.29, 1.82) is 0 Å². The number of hydrogen-bond donors (Lipinski definition) is 1. The van der Waals surface area contributed by atoms with Crippen molar-refractivity contribution < 1.29 is 37.1 Å². The summed E-state index contributed by atoms with van der Waals surface area (Å²) < 4.78 is 51.6. The summed E-state index contributed by atoms with van der Waals surface area (Å²) in [6, 6.07) is 3.58. The average Bonchev–Trinajstić information content (AvgIpc) is 3.01. The fourth-order valence-corrected chi connectivity index (χ4v) is 2.88. The Kier molecular flexibility index (Phi) is 9.45. The summed E-state index contributed by atoms with van der Waals surface area (Å²) in [7, 11) is 1.00. The highest BCUT2D eigenvalue weighted by Crippen LogP contribution is 2.31. The van der Waals surface area contributed by atoms with Crippen LogP contribution in [0.4, 0.5) is 17.6 Å². The first kappa shape index (κ1) is 25.1. The molecule has 3 rings (SSSR count). The fourth-order valence-electron chi connectivity index (χ4n) is 2.88. The number of nitrogens with zero attached hydrogens (tertiary/aromatic N) is 1. The lowest BCUT2D eigenvalue weighted by Crippen LogP contribution is -2.19. The van der Waals surface area contributed by atoms with E-state index in [0.29, 0.717) is 6.07 Å². The zero-order valence-electron chi connectivity index (χ0n) is 16.5. The van der Waals surface area contributed by atoms with Crippen LogP contribution in [-0.4, -0.2) is 34.6 Å². The molecule has 2 aromatic rings. The van der Waals surface area contributed by atoms with Crippen molar-refractivity contribution in [1.82, 2.24) is 4.98 Å². The normalized spacial score (nSPS) is 14.7. The van der Waals surface area contributed by atoms with E-state index in [9.17, 15) is 31.9 Å². The van der Waals surface area contributed by atoms with Gasteiger partial charge in [0, 0.05) is 53.7 Å². The van der Waals surface area contributed by atoms with Gasteiger partial charge in [0.15, 0.2) is 17.3 Å². The van der Waals surface area contributed by atoms with Gasteiger partial charge >= 0.3 is 0 Å². The van der Waals surface area contributed by atoms with Gasteiger partial charge in [-0.05, 0) is 24.3 Å². The second-order valence-electron chi connectivity index (χ2n) is 5.82. The van der Waals surface area contributed by atoms with Crippen LogP contribution in [0.2, 0.25) is 0 Å². The molecule has 1 unspecified atom stereocenters. The summed E-state index contributed by atoms with van der Waals surface area (Å²) in [6.45, 7) is 4.00. The maximum absolute atomic E-state index is 12.9. The minimum absolute atomic E-state index is 0.0879. The van der Waals surface area contributed by atoms with Gasteiger partial charge in [-0.25, -0.2) is 17.6 Å². The van der Waals surface area contributed by atoms with Crippen LogP contribution >= 0.6 is 0 Å². The minimum Gasteiger partial charge on any atom is -0.400 e. The molecule has 1 heterocycles. The molecule has 30 heavy (non-hydrogen) atoms. The molecule has 1 aromatic heterocycles. The van der Waals surface area contributed by atoms with E-state index in [4.69, 9.17) is 5.11 Å². The highest BCUT2D eigenvalue weighted by atomic mass is 19.3. The SMILES string of the molecule is CC.CO.O=C(CC1C(=O)c2ccncc2C1=O)c1cc(C(F)F)cc(C(F)F)c1. The monoisotopic (exact) mass is 427 g/mol. The molecule has 162 valence electrons. The molecule has 1 aliphatic rings. The predicted octanol–water partition coefficient (Wildman–Crippen LogP) is 4.86. The number of halogens is 4. The van der Waals surface area contributed by atoms with Crippen LogP contribution in [0.5, 0.6) is 0 Å². The molecule has 5 nitrogen and oxygen atoms in total. The number of pyridine rings is 1. The van der Waals surface area contributed by atoms with Gasteiger partial charge in [0.2, 0.25) is 0 Å². The molecule has 0 radical (unpaired) electrons. The molecular formula is C21H21F4NO4. The molecule has 1 N–H and O–H groups in total. The Bertz CT molecular complexity index is 854. The molecule has 0 saturated heterocycles. The van der Waals surface area contributed by atoms with E-state index in [0.717, 1.165) is 19.2 Å². The number of Topliss-reactive ketones (excluding diaryl/α,β-unsaturated/α-hetero) is 3. The van der Waals surface area contributed by atoms with Crippen molar-refractivity contribution in [2.45, 2.75) is 33.1 Å². The van der Waals surface area contributed by atoms with Crippen molar-refractivity contribution >= 4 is 17.3 Å². The summed E-state index contributed by atoms with van der Waals surface area (Å²) in [5.74, 6) is -3.29. The summed E-state index contributed by atoms with van der Waals surface area (Å²) in [5.41, 5.74) is -1.60. The lowest BCUT2D eigenvalue weighted by molar-refractivity contribution is 0.0785. The van der Waals surface area contributed by atoms with Gasteiger partial charge in [0.1, 0.15) is 0 Å². The van der Waals surface area contributed by atoms with Crippen LogP contribution in [0.15, 0.2) is 36.7 Å². The number of aliphatic hydroxyl groups is 1. The Balaban J connectivity index is 0.00000106. The Labute approximate surface area is 170 Å². The molecule has 0 saturated carbocycles. The minimum atomic E-state index is -3.04. The molecule has 1 aliphatic carbocycles. The molecule has 1 aromatic carbocycles. The first-order valence-corrected chi connectivity index (χ1v) is 9.01. The second-order valence-corrected chi connectivity index (χ2v) is 5.82. The van der Waals surface area contributed by atoms with E-state index >= 15 is 0 Å². The lowest BCUT2D eigenvalue weighted by Gasteiger charge is -2.10. The third-order valence-electron chi connectivity index (χ3n) is 4.18. The second kappa shape index (κ2) is 11.3. The molecule has 1 atom stereocenters. The van der Waals surface area contributed by atoms with E-state index < -0.39 is 53.7 Å². The van der Waals surface area contributed by atoms with Crippen LogP contribution in [0, 0.1) is 5.92 Å². The zero-order chi connectivity index (χ0) is 23.0. The van der Waals surface area contributed by atoms with E-state index in [2.05, 4.69) is 4.98 Å². The van der Waals surface area contributed by atoms with Gasteiger partial charge in [-0.2, -0.15) is 0 Å². The van der Waals surface area contributed by atoms with Gasteiger partial charge in [-0.1, -0.05) is 13.8 Å². The van der Waals surface area contributed by atoms with Crippen molar-refractivity contribution in [3.63, 3.8) is 0 Å². The van der Waals surface area contributed by atoms with Gasteiger partial charge in [0.25, 0.3) is 12.9 Å². The number of alkyl halides is 4. The van der Waals surface area contributed by atoms with Crippen molar-refractivity contribution in [3.05, 3.63) is 64.5 Å². The highest BCUT2D eigenvalue weighted by Gasteiger charge is 2.40. The van der Waals surface area contributed by atoms with Crippen molar-refractivity contribution in [2.24, 2.45) is 5.92 Å². The Morgan fingerprint density at radius 3 is 1.93 bits per heavy atom. The Hall–Kier alpha value is -2.94. The molecule has 0 amide bonds. The first-order valence-electron chi connectivity index (χ1n) is 9.01. The Morgan fingerprint density at radius 2 is 1.47 bits per heavy atom. The number of aromatic nitrogens is 1. The summed E-state index contributed by atoms with van der Waals surface area (Å²) in [6.07, 6.45) is -4.11. The number of hydrogen-bond acceptors (Lipinski definition) is 5. The fraction of sp³-hybridized carbons (Fsp3) is 0.333. The van der Waals surface area contributed by atoms with Crippen LogP contribution < -0.4 is 0 Å². The van der Waals surface area contributed by atoms with Gasteiger partial charge < -0.3 is 5.11 Å². The highest BCUT2D eigenvalue weighted by molar-refractivity contribution is 6.27. The number of carbonyl (C=O) groups is 3. The molecule has 0 bridgehead atoms. The zero-order valence-corrected chi connectivity index (χ0v) is 16.5. The van der Waals surface area contributed by atoms with Gasteiger partial charge in [-0.15, -0.1) is 0 Å². The largest absolute Gasteiger partial charge is 0.400 e. The van der Waals surface area contributed by atoms with Crippen LogP contribution in [0.25, 0.3) is 0 Å². The van der Waals surface area contributed by atoms with Crippen molar-refractivity contribution in [3.8, 4) is 0 Å². The quantitative estimate of drug-likeness (QED) is 0.419. The van der Waals surface area contributed by atoms with Crippen molar-refractivity contribution in [2.75, 3.05) is 7.11 Å². The van der Waals surface area contributed by atoms with Crippen LogP contribution in [-0.2, 0) is 0 Å². The summed E-state index contributed by atoms with van der Waals surface area (Å²) in [4.78, 5) is 40.7. The topological polar surface area (TPSA) is 84.3 Å². The summed E-state index contributed by atoms with van der Waals surface area (Å²) in [5, 5.41) is 7.00. The van der Waals surface area contributed by atoms with E-state index in [1.807, 2.05) is 13.8 Å². The number of aliphatic hydroxyl groups excluding tert-OH is 1. The van der Waals surface area contributed by atoms with Gasteiger partial charge in [-0.3, -0.25) is 19.4 Å². The predicted molar refractivity (Wildman–Crippen MR) is 101 cm³/mol. The molecule has 0 aliphatic heterocycles. The van der Waals surface area contributed by atoms with Crippen LogP contribution in [0.3, 0.4) is 0 Å². The van der Waals surface area contributed by atoms with E-state index in [-0.39, 0.29) is 16.7 Å². The van der Waals surface area contributed by atoms with E-state index in [1.165, 1.54) is 18.5 Å². The first-order chi connectivity index (χ1) is 14.3. The lowest BCUT2D eigenvalue weighted by atomic mass is 9.92. The smallest absolute Gasteiger partial charge is 0.263 e. The Morgan fingerprint density at radius 1 is 0.967 bits per heavy atom. The number of rotatable bonds is 5. The third-order valence-corrected chi connectivity index (χ3v) is 4.18. The van der Waals surface area contributed by atoms with Crippen LogP contribution in [0.1, 0.15) is 75.3 Å². The number of fused-ring (bicyclic) bond motifs is 1. The average molecular weight is 427 g/mol.